The number of rotatable bonds is 7. The molecule has 124 valence electrons. The zero-order valence-electron chi connectivity index (χ0n) is 12.7. The van der Waals surface area contributed by atoms with Gasteiger partial charge >= 0.3 is 0 Å². The standard InChI is InChI=1S/C15H18ClFN4OS/c1-22-7-3-6-18-15(23)19-14-13(16)10-21(20-14)9-11-4-2-5-12(17)8-11/h2,4-5,8,10H,3,6-7,9H2,1H3,(H2,18,19,20,23). The summed E-state index contributed by atoms with van der Waals surface area (Å²) in [4.78, 5) is 0. The van der Waals surface area contributed by atoms with E-state index in [1.54, 1.807) is 24.1 Å². The summed E-state index contributed by atoms with van der Waals surface area (Å²) in [6.45, 7) is 1.78. The average molecular weight is 357 g/mol. The van der Waals surface area contributed by atoms with Crippen LogP contribution in [0.25, 0.3) is 0 Å². The van der Waals surface area contributed by atoms with E-state index < -0.39 is 0 Å². The molecule has 0 unspecified atom stereocenters. The number of hydrogen-bond acceptors (Lipinski definition) is 3. The van der Waals surface area contributed by atoms with Crippen molar-refractivity contribution in [3.05, 3.63) is 46.9 Å². The number of aromatic nitrogens is 2. The van der Waals surface area contributed by atoms with Gasteiger partial charge in [0.25, 0.3) is 0 Å². The quantitative estimate of drug-likeness (QED) is 0.590. The van der Waals surface area contributed by atoms with Gasteiger partial charge in [0, 0.05) is 26.5 Å². The van der Waals surface area contributed by atoms with Crippen molar-refractivity contribution >= 4 is 34.7 Å². The molecule has 0 amide bonds. The maximum absolute atomic E-state index is 13.2. The molecule has 1 heterocycles. The summed E-state index contributed by atoms with van der Waals surface area (Å²) in [5, 5.41) is 11.2. The predicted molar refractivity (Wildman–Crippen MR) is 93.5 cm³/mol. The Morgan fingerprint density at radius 1 is 1.48 bits per heavy atom. The van der Waals surface area contributed by atoms with Gasteiger partial charge in [0.05, 0.1) is 6.54 Å². The summed E-state index contributed by atoms with van der Waals surface area (Å²) in [6.07, 6.45) is 2.52. The summed E-state index contributed by atoms with van der Waals surface area (Å²) in [7, 11) is 1.65. The Labute approximate surface area is 144 Å². The molecule has 0 fully saturated rings. The molecule has 0 aliphatic carbocycles. The van der Waals surface area contributed by atoms with Gasteiger partial charge in [0.2, 0.25) is 0 Å². The van der Waals surface area contributed by atoms with E-state index in [2.05, 4.69) is 15.7 Å². The molecule has 2 aromatic rings. The first-order chi connectivity index (χ1) is 11.1. The van der Waals surface area contributed by atoms with Gasteiger partial charge < -0.3 is 15.4 Å². The van der Waals surface area contributed by atoms with Crippen LogP contribution in [0.2, 0.25) is 5.02 Å². The van der Waals surface area contributed by atoms with E-state index in [1.807, 2.05) is 6.07 Å². The smallest absolute Gasteiger partial charge is 0.173 e. The van der Waals surface area contributed by atoms with Crippen LogP contribution >= 0.6 is 23.8 Å². The molecular formula is C15H18ClFN4OS. The number of methoxy groups -OCH3 is 1. The Morgan fingerprint density at radius 2 is 2.30 bits per heavy atom. The van der Waals surface area contributed by atoms with Crippen LogP contribution in [0, 0.1) is 5.82 Å². The third kappa shape index (κ3) is 5.78. The summed E-state index contributed by atoms with van der Waals surface area (Å²) >= 11 is 11.3. The van der Waals surface area contributed by atoms with E-state index in [0.29, 0.717) is 35.6 Å². The molecule has 1 aromatic heterocycles. The molecule has 0 aliphatic rings. The Bertz CT molecular complexity index is 665. The number of nitrogens with one attached hydrogen (secondary N) is 2. The molecule has 8 heteroatoms. The van der Waals surface area contributed by atoms with Crippen LogP contribution in [0.4, 0.5) is 10.2 Å². The molecule has 0 radical (unpaired) electrons. The first kappa shape index (κ1) is 17.7. The zero-order valence-corrected chi connectivity index (χ0v) is 14.3. The highest BCUT2D eigenvalue weighted by molar-refractivity contribution is 7.80. The molecule has 5 nitrogen and oxygen atoms in total. The maximum atomic E-state index is 13.2. The third-order valence-corrected chi connectivity index (χ3v) is 3.52. The lowest BCUT2D eigenvalue weighted by atomic mass is 10.2. The van der Waals surface area contributed by atoms with Gasteiger partial charge in [-0.15, -0.1) is 0 Å². The van der Waals surface area contributed by atoms with Crippen molar-refractivity contribution in [2.24, 2.45) is 0 Å². The lowest BCUT2D eigenvalue weighted by Gasteiger charge is -2.08. The highest BCUT2D eigenvalue weighted by atomic mass is 35.5. The first-order valence-corrected chi connectivity index (χ1v) is 7.88. The Hall–Kier alpha value is -1.70. The number of ether oxygens (including phenoxy) is 1. The summed E-state index contributed by atoms with van der Waals surface area (Å²) in [6, 6.07) is 6.35. The van der Waals surface area contributed by atoms with E-state index in [1.165, 1.54) is 12.1 Å². The van der Waals surface area contributed by atoms with Crippen molar-refractivity contribution in [2.45, 2.75) is 13.0 Å². The summed E-state index contributed by atoms with van der Waals surface area (Å²) in [5.41, 5.74) is 0.802. The molecule has 0 atom stereocenters. The second-order valence-corrected chi connectivity index (χ2v) is 5.70. The van der Waals surface area contributed by atoms with Crippen LogP contribution in [0.1, 0.15) is 12.0 Å². The topological polar surface area (TPSA) is 51.1 Å². The molecule has 2 rings (SSSR count). The maximum Gasteiger partial charge on any atom is 0.173 e. The number of anilines is 1. The fourth-order valence-electron chi connectivity index (χ4n) is 1.96. The van der Waals surface area contributed by atoms with Gasteiger partial charge in [-0.25, -0.2) is 4.39 Å². The highest BCUT2D eigenvalue weighted by Gasteiger charge is 2.09. The Kier molecular flexibility index (Phi) is 6.76. The fraction of sp³-hybridized carbons (Fsp3) is 0.333. The monoisotopic (exact) mass is 356 g/mol. The number of hydrogen-bond donors (Lipinski definition) is 2. The molecule has 0 aliphatic heterocycles. The Morgan fingerprint density at radius 3 is 3.04 bits per heavy atom. The van der Waals surface area contributed by atoms with Crippen LogP contribution < -0.4 is 10.6 Å². The van der Waals surface area contributed by atoms with E-state index in [9.17, 15) is 4.39 Å². The summed E-state index contributed by atoms with van der Waals surface area (Å²) in [5.74, 6) is 0.188. The van der Waals surface area contributed by atoms with Crippen molar-refractivity contribution in [1.29, 1.82) is 0 Å². The van der Waals surface area contributed by atoms with Gasteiger partial charge in [0.1, 0.15) is 10.8 Å². The number of thiocarbonyl (C=S) groups is 1. The zero-order chi connectivity index (χ0) is 16.7. The molecule has 23 heavy (non-hydrogen) atoms. The lowest BCUT2D eigenvalue weighted by Crippen LogP contribution is -2.30. The Balaban J connectivity index is 1.91. The van der Waals surface area contributed by atoms with Crippen molar-refractivity contribution in [3.8, 4) is 0 Å². The number of halogens is 2. The van der Waals surface area contributed by atoms with Crippen molar-refractivity contribution in [2.75, 3.05) is 25.6 Å². The molecule has 0 saturated heterocycles. The normalized spacial score (nSPS) is 10.6. The van der Waals surface area contributed by atoms with Gasteiger partial charge in [0.15, 0.2) is 10.9 Å². The SMILES string of the molecule is COCCCNC(=S)Nc1nn(Cc2cccc(F)c2)cc1Cl. The average Bonchev–Trinajstić information content (AvgIpc) is 2.83. The van der Waals surface area contributed by atoms with E-state index in [4.69, 9.17) is 28.6 Å². The van der Waals surface area contributed by atoms with Gasteiger partial charge in [-0.2, -0.15) is 5.10 Å². The first-order valence-electron chi connectivity index (χ1n) is 7.09. The molecule has 0 saturated carbocycles. The molecular weight excluding hydrogens is 339 g/mol. The minimum atomic E-state index is -0.277. The minimum Gasteiger partial charge on any atom is -0.385 e. The summed E-state index contributed by atoms with van der Waals surface area (Å²) < 4.78 is 19.8. The van der Waals surface area contributed by atoms with Gasteiger partial charge in [-0.1, -0.05) is 23.7 Å². The van der Waals surface area contributed by atoms with Crippen LogP contribution in [0.15, 0.2) is 30.5 Å². The van der Waals surface area contributed by atoms with Crippen LogP contribution in [0.5, 0.6) is 0 Å². The van der Waals surface area contributed by atoms with Crippen molar-refractivity contribution in [3.63, 3.8) is 0 Å². The van der Waals surface area contributed by atoms with Crippen molar-refractivity contribution < 1.29 is 9.13 Å². The fourth-order valence-corrected chi connectivity index (χ4v) is 2.35. The third-order valence-electron chi connectivity index (χ3n) is 2.99. The van der Waals surface area contributed by atoms with E-state index >= 15 is 0 Å². The predicted octanol–water partition coefficient (Wildman–Crippen LogP) is 3.05. The second kappa shape index (κ2) is 8.81. The molecule has 0 spiro atoms. The highest BCUT2D eigenvalue weighted by Crippen LogP contribution is 2.20. The number of nitrogens with zero attached hydrogens (tertiary/aromatic N) is 2. The largest absolute Gasteiger partial charge is 0.385 e. The van der Waals surface area contributed by atoms with E-state index in [0.717, 1.165) is 12.0 Å². The lowest BCUT2D eigenvalue weighted by molar-refractivity contribution is 0.196. The molecule has 1 aromatic carbocycles. The number of benzene rings is 1. The van der Waals surface area contributed by atoms with Gasteiger partial charge in [-0.3, -0.25) is 4.68 Å². The van der Waals surface area contributed by atoms with Crippen molar-refractivity contribution in [1.82, 2.24) is 15.1 Å². The van der Waals surface area contributed by atoms with Crippen LogP contribution in [-0.4, -0.2) is 35.2 Å². The van der Waals surface area contributed by atoms with Crippen LogP contribution in [-0.2, 0) is 11.3 Å². The molecule has 2 N–H and O–H groups in total. The van der Waals surface area contributed by atoms with Gasteiger partial charge in [-0.05, 0) is 36.3 Å². The minimum absolute atomic E-state index is 0.277. The second-order valence-electron chi connectivity index (χ2n) is 4.88. The van der Waals surface area contributed by atoms with Crippen LogP contribution in [0.3, 0.4) is 0 Å². The van der Waals surface area contributed by atoms with E-state index in [-0.39, 0.29) is 5.82 Å². The molecule has 0 bridgehead atoms.